The van der Waals surface area contributed by atoms with Crippen LogP contribution in [-0.4, -0.2) is 31.6 Å². The summed E-state index contributed by atoms with van der Waals surface area (Å²) in [6.45, 7) is 5.57. The number of nitrogens with zero attached hydrogens (tertiary/aromatic N) is 1. The zero-order chi connectivity index (χ0) is 18.8. The molecule has 0 saturated carbocycles. The van der Waals surface area contributed by atoms with Gasteiger partial charge in [0.15, 0.2) is 12.7 Å². The Morgan fingerprint density at radius 3 is 2.81 bits per heavy atom. The molecule has 0 unspecified atom stereocenters. The fraction of sp³-hybridized carbons (Fsp3) is 0.300. The lowest BCUT2D eigenvalue weighted by atomic mass is 10.1. The van der Waals surface area contributed by atoms with Crippen LogP contribution in [0.1, 0.15) is 18.1 Å². The van der Waals surface area contributed by atoms with E-state index < -0.39 is 6.10 Å². The van der Waals surface area contributed by atoms with Crippen molar-refractivity contribution >= 4 is 23.2 Å². The number of hydrogen-bond acceptors (Lipinski definition) is 4. The first-order chi connectivity index (χ1) is 12.4. The maximum Gasteiger partial charge on any atom is 0.267 e. The van der Waals surface area contributed by atoms with Crippen LogP contribution in [0.4, 0.5) is 11.4 Å². The van der Waals surface area contributed by atoms with Gasteiger partial charge >= 0.3 is 0 Å². The molecular weight excluding hydrogens is 332 g/mol. The van der Waals surface area contributed by atoms with Gasteiger partial charge in [-0.05, 0) is 56.2 Å². The number of aryl methyl sites for hydroxylation is 1. The van der Waals surface area contributed by atoms with Crippen molar-refractivity contribution in [3.8, 4) is 11.5 Å². The Morgan fingerprint density at radius 2 is 2.04 bits per heavy atom. The summed E-state index contributed by atoms with van der Waals surface area (Å²) in [4.78, 5) is 25.8. The summed E-state index contributed by atoms with van der Waals surface area (Å²) in [6, 6.07) is 10.9. The molecule has 0 fully saturated rings. The predicted octanol–water partition coefficient (Wildman–Crippen LogP) is 3.06. The first kappa shape index (κ1) is 17.8. The topological polar surface area (TPSA) is 67.9 Å². The van der Waals surface area contributed by atoms with Crippen LogP contribution in [0.3, 0.4) is 0 Å². The van der Waals surface area contributed by atoms with Crippen LogP contribution in [0.2, 0.25) is 0 Å². The van der Waals surface area contributed by atoms with Gasteiger partial charge < -0.3 is 19.7 Å². The lowest BCUT2D eigenvalue weighted by Gasteiger charge is -2.30. The Kier molecular flexibility index (Phi) is 4.84. The normalized spacial score (nSPS) is 15.9. The molecule has 1 aliphatic heterocycles. The van der Waals surface area contributed by atoms with Gasteiger partial charge in [0.05, 0.1) is 5.69 Å². The number of hydrogen-bond donors (Lipinski definition) is 1. The van der Waals surface area contributed by atoms with Crippen LogP contribution in [0.5, 0.6) is 11.5 Å². The number of benzene rings is 2. The Bertz CT molecular complexity index is 863. The quantitative estimate of drug-likeness (QED) is 0.916. The number of ether oxygens (including phenoxy) is 2. The van der Waals surface area contributed by atoms with E-state index in [0.29, 0.717) is 22.9 Å². The van der Waals surface area contributed by atoms with Crippen LogP contribution >= 0.6 is 0 Å². The van der Waals surface area contributed by atoms with Gasteiger partial charge in [-0.3, -0.25) is 9.59 Å². The molecule has 2 amide bonds. The molecule has 1 N–H and O–H groups in total. The fourth-order valence-electron chi connectivity index (χ4n) is 2.81. The van der Waals surface area contributed by atoms with Crippen LogP contribution in [-0.2, 0) is 9.59 Å². The van der Waals surface area contributed by atoms with E-state index in [9.17, 15) is 9.59 Å². The van der Waals surface area contributed by atoms with Gasteiger partial charge in [0.1, 0.15) is 11.5 Å². The number of carbonyl (C=O) groups is 2. The molecule has 1 atom stereocenters. The van der Waals surface area contributed by atoms with Crippen LogP contribution in [0.25, 0.3) is 0 Å². The van der Waals surface area contributed by atoms with E-state index in [1.165, 1.54) is 4.90 Å². The largest absolute Gasteiger partial charge is 0.483 e. The molecule has 2 aromatic carbocycles. The summed E-state index contributed by atoms with van der Waals surface area (Å²) in [5.74, 6) is 0.909. The molecule has 0 saturated heterocycles. The van der Waals surface area contributed by atoms with E-state index in [-0.39, 0.29) is 18.4 Å². The van der Waals surface area contributed by atoms with E-state index in [0.717, 1.165) is 11.1 Å². The molecule has 1 heterocycles. The summed E-state index contributed by atoms with van der Waals surface area (Å²) in [5, 5.41) is 2.79. The van der Waals surface area contributed by atoms with Crippen LogP contribution < -0.4 is 19.7 Å². The van der Waals surface area contributed by atoms with Crippen molar-refractivity contribution in [1.29, 1.82) is 0 Å². The van der Waals surface area contributed by atoms with Gasteiger partial charge in [0, 0.05) is 12.7 Å². The summed E-state index contributed by atoms with van der Waals surface area (Å²) >= 11 is 0. The van der Waals surface area contributed by atoms with Gasteiger partial charge in [-0.1, -0.05) is 12.1 Å². The average Bonchev–Trinajstić information content (AvgIpc) is 2.62. The second-order valence-corrected chi connectivity index (χ2v) is 6.37. The lowest BCUT2D eigenvalue weighted by molar-refractivity contribution is -0.125. The Balaban J connectivity index is 1.67. The van der Waals surface area contributed by atoms with E-state index in [1.807, 2.05) is 32.0 Å². The molecule has 0 bridgehead atoms. The van der Waals surface area contributed by atoms with Gasteiger partial charge in [-0.25, -0.2) is 0 Å². The van der Waals surface area contributed by atoms with E-state index in [2.05, 4.69) is 5.32 Å². The highest BCUT2D eigenvalue weighted by atomic mass is 16.5. The third-order valence-electron chi connectivity index (χ3n) is 4.50. The highest BCUT2D eigenvalue weighted by Crippen LogP contribution is 2.35. The monoisotopic (exact) mass is 354 g/mol. The second-order valence-electron chi connectivity index (χ2n) is 6.37. The molecule has 26 heavy (non-hydrogen) atoms. The van der Waals surface area contributed by atoms with Gasteiger partial charge in [-0.2, -0.15) is 0 Å². The maximum absolute atomic E-state index is 12.2. The third-order valence-corrected chi connectivity index (χ3v) is 4.50. The Morgan fingerprint density at radius 1 is 1.27 bits per heavy atom. The Hall–Kier alpha value is -3.02. The minimum Gasteiger partial charge on any atom is -0.483 e. The zero-order valence-electron chi connectivity index (χ0n) is 15.3. The van der Waals surface area contributed by atoms with Crippen molar-refractivity contribution in [2.75, 3.05) is 23.9 Å². The fourth-order valence-corrected chi connectivity index (χ4v) is 2.81. The SMILES string of the molecule is Cc1cccc(OCC(=O)Nc2ccc3c(c2)N(C)C(=O)[C@@H](C)O3)c1C. The molecule has 3 rings (SSSR count). The van der Waals surface area contributed by atoms with Crippen molar-refractivity contribution < 1.29 is 19.1 Å². The first-order valence-corrected chi connectivity index (χ1v) is 8.44. The smallest absolute Gasteiger partial charge is 0.267 e. The van der Waals surface area contributed by atoms with Crippen molar-refractivity contribution in [3.05, 3.63) is 47.5 Å². The molecular formula is C20H22N2O4. The highest BCUT2D eigenvalue weighted by molar-refractivity contribution is 6.00. The van der Waals surface area contributed by atoms with Crippen molar-refractivity contribution in [1.82, 2.24) is 0 Å². The summed E-state index contributed by atoms with van der Waals surface area (Å²) < 4.78 is 11.2. The number of fused-ring (bicyclic) bond motifs is 1. The molecule has 136 valence electrons. The molecule has 6 heteroatoms. The molecule has 0 aromatic heterocycles. The predicted molar refractivity (Wildman–Crippen MR) is 100.0 cm³/mol. The van der Waals surface area contributed by atoms with Crippen LogP contribution in [0, 0.1) is 13.8 Å². The number of rotatable bonds is 4. The third kappa shape index (κ3) is 3.49. The summed E-state index contributed by atoms with van der Waals surface area (Å²) in [6.07, 6.45) is -0.515. The lowest BCUT2D eigenvalue weighted by Crippen LogP contribution is -2.42. The highest BCUT2D eigenvalue weighted by Gasteiger charge is 2.29. The van der Waals surface area contributed by atoms with E-state index >= 15 is 0 Å². The Labute approximate surface area is 152 Å². The van der Waals surface area contributed by atoms with Gasteiger partial charge in [0.2, 0.25) is 0 Å². The number of anilines is 2. The second kappa shape index (κ2) is 7.07. The molecule has 0 spiro atoms. The number of nitrogens with one attached hydrogen (secondary N) is 1. The van der Waals surface area contributed by atoms with E-state index in [4.69, 9.17) is 9.47 Å². The van der Waals surface area contributed by atoms with Gasteiger partial charge in [0.25, 0.3) is 11.8 Å². The standard InChI is InChI=1S/C20H22N2O4/c1-12-6-5-7-17(13(12)2)25-11-19(23)21-15-8-9-18-16(10-15)22(4)20(24)14(3)26-18/h5-10,14H,11H2,1-4H3,(H,21,23)/t14-/m1/s1. The minimum absolute atomic E-state index is 0.0936. The average molecular weight is 354 g/mol. The molecule has 0 radical (unpaired) electrons. The van der Waals surface area contributed by atoms with Gasteiger partial charge in [-0.15, -0.1) is 0 Å². The maximum atomic E-state index is 12.2. The number of amides is 2. The summed E-state index contributed by atoms with van der Waals surface area (Å²) in [7, 11) is 1.69. The van der Waals surface area contributed by atoms with Crippen molar-refractivity contribution in [2.45, 2.75) is 26.9 Å². The molecule has 2 aromatic rings. The molecule has 6 nitrogen and oxygen atoms in total. The zero-order valence-corrected chi connectivity index (χ0v) is 15.3. The van der Waals surface area contributed by atoms with Crippen molar-refractivity contribution in [3.63, 3.8) is 0 Å². The van der Waals surface area contributed by atoms with E-state index in [1.54, 1.807) is 32.2 Å². The number of likely N-dealkylation sites (N-methyl/N-ethyl adjacent to an activating group) is 1. The van der Waals surface area contributed by atoms with Crippen molar-refractivity contribution in [2.24, 2.45) is 0 Å². The molecule has 0 aliphatic carbocycles. The molecule has 1 aliphatic rings. The van der Waals surface area contributed by atoms with Crippen LogP contribution in [0.15, 0.2) is 36.4 Å². The summed E-state index contributed by atoms with van der Waals surface area (Å²) in [5.41, 5.74) is 3.33. The number of carbonyl (C=O) groups excluding carboxylic acids is 2. The minimum atomic E-state index is -0.515. The first-order valence-electron chi connectivity index (χ1n) is 8.44.